The zero-order valence-electron chi connectivity index (χ0n) is 20.1. The monoisotopic (exact) mass is 493 g/mol. The van der Waals surface area contributed by atoms with E-state index in [2.05, 4.69) is 22.1 Å². The Bertz CT molecular complexity index is 1010. The molecule has 4 rings (SSSR count). The maximum atomic E-state index is 15.8. The fourth-order valence-corrected chi connectivity index (χ4v) is 5.47. The molecule has 7 nitrogen and oxygen atoms in total. The Balaban J connectivity index is 1.51. The third-order valence-electron chi connectivity index (χ3n) is 7.41. The normalized spacial score (nSPS) is 29.3. The van der Waals surface area contributed by atoms with E-state index >= 15 is 4.39 Å². The number of aromatic nitrogens is 1. The number of piperidine rings is 1. The first kappa shape index (κ1) is 25.0. The van der Waals surface area contributed by atoms with E-state index in [1.165, 1.54) is 0 Å². The highest BCUT2D eigenvalue weighted by Crippen LogP contribution is 2.42. The molecule has 5 atom stereocenters. The molecule has 2 saturated heterocycles. The maximum absolute atomic E-state index is 15.8. The van der Waals surface area contributed by atoms with Crippen LogP contribution in [0.5, 0.6) is 11.6 Å². The van der Waals surface area contributed by atoms with Crippen LogP contribution in [0.15, 0.2) is 30.5 Å². The molecule has 0 saturated carbocycles. The van der Waals surface area contributed by atoms with Crippen molar-refractivity contribution in [1.29, 1.82) is 0 Å². The minimum Gasteiger partial charge on any atom is -0.487 e. The first-order chi connectivity index (χ1) is 16.3. The molecular formula is C25H33ClFN3O4. The predicted octanol–water partition coefficient (Wildman–Crippen LogP) is 3.62. The number of nitrogens with one attached hydrogen (secondary N) is 1. The summed E-state index contributed by atoms with van der Waals surface area (Å²) < 4.78 is 33.1. The van der Waals surface area contributed by atoms with Crippen LogP contribution in [0.1, 0.15) is 25.8 Å². The Labute approximate surface area is 205 Å². The minimum absolute atomic E-state index is 0.0342. The topological polar surface area (TPSA) is 76.1 Å². The summed E-state index contributed by atoms with van der Waals surface area (Å²) in [6.07, 6.45) is 2.16. The number of hydrogen-bond donors (Lipinski definition) is 2. The number of methoxy groups -OCH3 is 2. The number of pyridine rings is 1. The van der Waals surface area contributed by atoms with Crippen molar-refractivity contribution in [2.24, 2.45) is 11.8 Å². The molecular weight excluding hydrogens is 461 g/mol. The van der Waals surface area contributed by atoms with Gasteiger partial charge in [-0.25, -0.2) is 9.37 Å². The van der Waals surface area contributed by atoms with Gasteiger partial charge in [-0.3, -0.25) is 0 Å². The van der Waals surface area contributed by atoms with Crippen molar-refractivity contribution in [3.63, 3.8) is 0 Å². The number of hydrogen-bond acceptors (Lipinski definition) is 7. The van der Waals surface area contributed by atoms with Crippen LogP contribution in [-0.2, 0) is 10.3 Å². The van der Waals surface area contributed by atoms with Gasteiger partial charge in [0.25, 0.3) is 0 Å². The molecule has 0 radical (unpaired) electrons. The average Bonchev–Trinajstić information content (AvgIpc) is 3.18. The second kappa shape index (κ2) is 10.2. The van der Waals surface area contributed by atoms with Gasteiger partial charge in [-0.15, -0.1) is 0 Å². The Hall–Kier alpha value is -2.13. The summed E-state index contributed by atoms with van der Waals surface area (Å²) in [5, 5.41) is 13.5. The lowest BCUT2D eigenvalue weighted by molar-refractivity contribution is -0.0389. The van der Waals surface area contributed by atoms with Crippen molar-refractivity contribution in [2.45, 2.75) is 38.0 Å². The first-order valence-electron chi connectivity index (χ1n) is 11.6. The number of halogens is 2. The van der Waals surface area contributed by atoms with E-state index in [9.17, 15) is 5.11 Å². The van der Waals surface area contributed by atoms with Gasteiger partial charge in [0, 0.05) is 62.7 Å². The molecule has 2 N–H and O–H groups in total. The molecule has 2 aliphatic heterocycles. The lowest BCUT2D eigenvalue weighted by atomic mass is 9.81. The van der Waals surface area contributed by atoms with Crippen LogP contribution >= 0.6 is 11.6 Å². The number of aliphatic hydroxyl groups is 1. The van der Waals surface area contributed by atoms with Crippen molar-refractivity contribution in [2.75, 3.05) is 45.4 Å². The van der Waals surface area contributed by atoms with Crippen LogP contribution in [0.25, 0.3) is 0 Å². The summed E-state index contributed by atoms with van der Waals surface area (Å²) >= 11 is 6.39. The van der Waals surface area contributed by atoms with E-state index in [0.717, 1.165) is 5.69 Å². The number of benzene rings is 1. The van der Waals surface area contributed by atoms with Gasteiger partial charge in [-0.2, -0.15) is 0 Å². The molecule has 3 heterocycles. The van der Waals surface area contributed by atoms with Crippen molar-refractivity contribution < 1.29 is 23.7 Å². The molecule has 2 unspecified atom stereocenters. The van der Waals surface area contributed by atoms with Gasteiger partial charge in [0.2, 0.25) is 5.88 Å². The molecule has 0 aliphatic carbocycles. The van der Waals surface area contributed by atoms with E-state index in [1.807, 2.05) is 13.0 Å². The van der Waals surface area contributed by atoms with Gasteiger partial charge in [0.1, 0.15) is 11.7 Å². The molecule has 186 valence electrons. The van der Waals surface area contributed by atoms with Crippen molar-refractivity contribution in [3.05, 3.63) is 46.9 Å². The Kier molecular flexibility index (Phi) is 7.52. The molecule has 0 amide bonds. The van der Waals surface area contributed by atoms with E-state index < -0.39 is 11.4 Å². The average molecular weight is 494 g/mol. The zero-order chi connectivity index (χ0) is 24.5. The Morgan fingerprint density at radius 3 is 2.76 bits per heavy atom. The molecule has 1 aromatic heterocycles. The van der Waals surface area contributed by atoms with Gasteiger partial charge in [-0.1, -0.05) is 37.6 Å². The van der Waals surface area contributed by atoms with E-state index in [0.29, 0.717) is 42.5 Å². The first-order valence-corrected chi connectivity index (χ1v) is 12.0. The highest BCUT2D eigenvalue weighted by Gasteiger charge is 2.49. The number of anilines is 1. The van der Waals surface area contributed by atoms with E-state index in [4.69, 9.17) is 25.8 Å². The summed E-state index contributed by atoms with van der Waals surface area (Å²) in [6.45, 7) is 5.86. The van der Waals surface area contributed by atoms with Crippen LogP contribution in [-0.4, -0.2) is 62.7 Å². The number of aliphatic hydroxyl groups excluding tert-OH is 1. The molecule has 0 spiro atoms. The van der Waals surface area contributed by atoms with Gasteiger partial charge < -0.3 is 29.5 Å². The molecule has 9 heteroatoms. The van der Waals surface area contributed by atoms with Crippen molar-refractivity contribution >= 4 is 17.3 Å². The summed E-state index contributed by atoms with van der Waals surface area (Å²) in [6, 6.07) is 6.89. The zero-order valence-corrected chi connectivity index (χ0v) is 20.8. The lowest BCUT2D eigenvalue weighted by Gasteiger charge is -2.39. The third-order valence-corrected chi connectivity index (χ3v) is 7.70. The van der Waals surface area contributed by atoms with Crippen LogP contribution < -0.4 is 19.7 Å². The number of nitrogens with zero attached hydrogens (tertiary/aromatic N) is 2. The molecule has 2 aromatic rings. The smallest absolute Gasteiger partial charge is 0.215 e. The minimum atomic E-state index is -0.872. The van der Waals surface area contributed by atoms with Crippen molar-refractivity contribution in [3.8, 4) is 11.6 Å². The summed E-state index contributed by atoms with van der Waals surface area (Å²) in [5.41, 5.74) is 0.447. The largest absolute Gasteiger partial charge is 0.487 e. The second-order valence-corrected chi connectivity index (χ2v) is 9.62. The van der Waals surface area contributed by atoms with Crippen molar-refractivity contribution in [1.82, 2.24) is 10.3 Å². The summed E-state index contributed by atoms with van der Waals surface area (Å²) in [7, 11) is 3.16. The quantitative estimate of drug-likeness (QED) is 0.610. The maximum Gasteiger partial charge on any atom is 0.215 e. The highest BCUT2D eigenvalue weighted by molar-refractivity contribution is 6.33. The third kappa shape index (κ3) is 4.44. The number of rotatable bonds is 7. The summed E-state index contributed by atoms with van der Waals surface area (Å²) in [4.78, 5) is 6.33. The number of ether oxygens (including phenoxy) is 3. The Morgan fingerprint density at radius 2 is 2.12 bits per heavy atom. The SMILES string of the molecule is COc1cc(N2CCC(Oc3cccc([C@@]4(OC)CN[C@@H](CO)[C@@H]4C)c3F)C(C)C2)c(Cl)cn1. The van der Waals surface area contributed by atoms with Gasteiger partial charge >= 0.3 is 0 Å². The lowest BCUT2D eigenvalue weighted by Crippen LogP contribution is -2.44. The van der Waals surface area contributed by atoms with Crippen LogP contribution in [0.3, 0.4) is 0 Å². The van der Waals surface area contributed by atoms with Crippen LogP contribution in [0, 0.1) is 17.7 Å². The van der Waals surface area contributed by atoms with E-state index in [1.54, 1.807) is 38.6 Å². The highest BCUT2D eigenvalue weighted by atomic mass is 35.5. The molecule has 0 bridgehead atoms. The predicted molar refractivity (Wildman–Crippen MR) is 129 cm³/mol. The molecule has 1 aromatic carbocycles. The fraction of sp³-hybridized carbons (Fsp3) is 0.560. The Morgan fingerprint density at radius 1 is 1.32 bits per heavy atom. The van der Waals surface area contributed by atoms with Crippen LogP contribution in [0.2, 0.25) is 5.02 Å². The molecule has 2 fully saturated rings. The second-order valence-electron chi connectivity index (χ2n) is 9.22. The van der Waals surface area contributed by atoms with Gasteiger partial charge in [-0.05, 0) is 6.07 Å². The molecule has 34 heavy (non-hydrogen) atoms. The summed E-state index contributed by atoms with van der Waals surface area (Å²) in [5.74, 6) is 0.344. The van der Waals surface area contributed by atoms with Crippen LogP contribution in [0.4, 0.5) is 10.1 Å². The standard InChI is InChI=1S/C25H33ClFN3O4/c1-15-12-30(20-10-23(32-3)28-11-18(20)26)9-8-21(15)34-22-7-5-6-17(24(22)27)25(33-4)14-29-19(13-31)16(25)2/h5-7,10-11,15-16,19,21,29,31H,8-9,12-14H2,1-4H3/t15?,16-,19-,21?,25+/m0/s1. The van der Waals surface area contributed by atoms with E-state index in [-0.39, 0.29) is 36.3 Å². The fourth-order valence-electron chi connectivity index (χ4n) is 5.25. The van der Waals surface area contributed by atoms with Gasteiger partial charge in [0.15, 0.2) is 11.6 Å². The van der Waals surface area contributed by atoms with Gasteiger partial charge in [0.05, 0.1) is 30.6 Å². The molecule has 2 aliphatic rings.